The molecule has 0 aromatic rings. The second kappa shape index (κ2) is 51.8. The molecule has 4 bridgehead atoms. The van der Waals surface area contributed by atoms with Crippen molar-refractivity contribution < 1.29 is 136 Å². The standard InChI is InChI=1S/C90H152O28/c1-51-25-31-69(115-89-87(107-17)85(105-15)77(95)49-109-89)43-63-21-19-23-65(113-63)45-73(103-13)40-62(92)42-76(94)58(8)84(60(10)82(100)54(4)30-34-68-48-72(102-12)38-56(6)112-68)118-80(98)36-28-52(2)26-32-70(116-90-88(108-18)86(106-16)78(96)50-110-90)44-64-22-20-24-66(114-64)46-74(104-14)39-61(91)41-75(93)57(7)83(117-79(97)35-27-51)59(9)81(99)53(3)29-33-67-47-71(101-11)37-55(5)111-67/h19-22,25-28,35-36,53-78,81-96,99-100H,23-24,29-34,37-50H2,1-18H3/b35-27+,36-28+,51-25+,52-26+/t53-,54-,55-,56-,57-,58-,59-,60-,61+,62+,63-,64-,65-,66-,67-,68-,69-,70-,71+,72+,73+,74+,75+,76+,77-,78-,81-,82-,83-,84-,85+,86+,87+,88+,89+,90+/m0/s1. The normalized spacial score (nSPS) is 41.5. The molecule has 0 spiro atoms. The predicted octanol–water partition coefficient (Wildman–Crippen LogP) is 9.16. The molecule has 36 atom stereocenters. The van der Waals surface area contributed by atoms with Crippen molar-refractivity contribution >= 4 is 11.9 Å². The number of hydrogen-bond acceptors (Lipinski definition) is 28. The maximum atomic E-state index is 14.3. The average Bonchev–Trinajstić information content (AvgIpc) is 0.831. The van der Waals surface area contributed by atoms with E-state index in [2.05, 4.69) is 0 Å². The quantitative estimate of drug-likeness (QED) is 0.0329. The van der Waals surface area contributed by atoms with Crippen LogP contribution < -0.4 is 0 Å². The molecule has 0 aromatic heterocycles. The van der Waals surface area contributed by atoms with Crippen LogP contribution in [0.15, 0.2) is 71.9 Å². The van der Waals surface area contributed by atoms with Gasteiger partial charge in [0.1, 0.15) is 48.8 Å². The second-order valence-corrected chi connectivity index (χ2v) is 35.0. The number of aliphatic hydroxyl groups is 8. The summed E-state index contributed by atoms with van der Waals surface area (Å²) in [6.07, 6.45) is 6.78. The van der Waals surface area contributed by atoms with Gasteiger partial charge in [-0.25, -0.2) is 9.59 Å². The van der Waals surface area contributed by atoms with Crippen molar-refractivity contribution in [3.05, 3.63) is 71.9 Å². The first-order chi connectivity index (χ1) is 56.3. The van der Waals surface area contributed by atoms with Crippen LogP contribution >= 0.6 is 0 Å². The summed E-state index contributed by atoms with van der Waals surface area (Å²) in [5, 5.41) is 94.5. The molecule has 0 radical (unpaired) electrons. The Bertz CT molecular complexity index is 2850. The Balaban J connectivity index is 1.18. The molecule has 28 nitrogen and oxygen atoms in total. The Kier molecular flexibility index (Phi) is 44.5. The minimum Gasteiger partial charge on any atom is -0.458 e. The molecule has 0 aromatic carbocycles. The highest BCUT2D eigenvalue weighted by molar-refractivity contribution is 5.83. The lowest BCUT2D eigenvalue weighted by Gasteiger charge is -2.40. The maximum Gasteiger partial charge on any atom is 0.331 e. The van der Waals surface area contributed by atoms with Gasteiger partial charge < -0.3 is 126 Å². The van der Waals surface area contributed by atoms with E-state index in [-0.39, 0.29) is 112 Å². The van der Waals surface area contributed by atoms with Crippen LogP contribution in [0.4, 0.5) is 0 Å². The number of allylic oxidation sites excluding steroid dienone is 4. The van der Waals surface area contributed by atoms with Crippen LogP contribution in [0.25, 0.3) is 0 Å². The predicted molar refractivity (Wildman–Crippen MR) is 441 cm³/mol. The monoisotopic (exact) mass is 1680 g/mol. The number of carbonyl (C=O) groups excluding carboxylic acids is 2. The van der Waals surface area contributed by atoms with Gasteiger partial charge in [-0.05, 0) is 142 Å². The lowest BCUT2D eigenvalue weighted by atomic mass is 9.79. The van der Waals surface area contributed by atoms with E-state index in [1.54, 1.807) is 54.4 Å². The third kappa shape index (κ3) is 32.1. The van der Waals surface area contributed by atoms with E-state index in [1.807, 2.05) is 91.8 Å². The van der Waals surface area contributed by atoms with Crippen LogP contribution in [-0.4, -0.2) is 306 Å². The van der Waals surface area contributed by atoms with E-state index >= 15 is 0 Å². The largest absolute Gasteiger partial charge is 0.458 e. The van der Waals surface area contributed by atoms with E-state index in [0.717, 1.165) is 25.7 Å². The Labute approximate surface area is 703 Å². The highest BCUT2D eigenvalue weighted by Gasteiger charge is 2.46. The molecule has 4 saturated heterocycles. The Morgan fingerprint density at radius 2 is 0.763 bits per heavy atom. The van der Waals surface area contributed by atoms with Crippen LogP contribution in [0.1, 0.15) is 198 Å². The van der Waals surface area contributed by atoms with Crippen molar-refractivity contribution in [3.8, 4) is 0 Å². The van der Waals surface area contributed by atoms with Crippen LogP contribution in [0.5, 0.6) is 0 Å². The van der Waals surface area contributed by atoms with Gasteiger partial charge >= 0.3 is 11.9 Å². The fourth-order valence-corrected chi connectivity index (χ4v) is 18.3. The van der Waals surface area contributed by atoms with Gasteiger partial charge in [0.15, 0.2) is 12.6 Å². The molecule has 7 aliphatic heterocycles. The molecular formula is C90H152O28. The summed E-state index contributed by atoms with van der Waals surface area (Å²) in [6, 6.07) is 0. The molecule has 0 aliphatic carbocycles. The average molecular weight is 1680 g/mol. The molecule has 0 saturated carbocycles. The number of aliphatic hydroxyl groups excluding tert-OH is 8. The first-order valence-electron chi connectivity index (χ1n) is 43.6. The Hall–Kier alpha value is -3.58. The lowest BCUT2D eigenvalue weighted by molar-refractivity contribution is -0.293. The van der Waals surface area contributed by atoms with Gasteiger partial charge in [0.05, 0.1) is 135 Å². The molecule has 680 valence electrons. The van der Waals surface area contributed by atoms with Crippen LogP contribution in [0.3, 0.4) is 0 Å². The van der Waals surface area contributed by atoms with Gasteiger partial charge in [-0.2, -0.15) is 0 Å². The summed E-state index contributed by atoms with van der Waals surface area (Å²) in [5.41, 5.74) is 1.35. The van der Waals surface area contributed by atoms with Crippen LogP contribution in [-0.2, 0) is 94.9 Å². The highest BCUT2D eigenvalue weighted by Crippen LogP contribution is 2.38. The summed E-state index contributed by atoms with van der Waals surface area (Å²) in [5.74, 6) is -4.93. The number of methoxy groups -OCH3 is 8. The van der Waals surface area contributed by atoms with Gasteiger partial charge in [0, 0.05) is 118 Å². The molecule has 7 aliphatic rings. The van der Waals surface area contributed by atoms with Crippen molar-refractivity contribution in [1.82, 2.24) is 0 Å². The molecule has 4 fully saturated rings. The van der Waals surface area contributed by atoms with Crippen molar-refractivity contribution in [2.75, 3.05) is 70.1 Å². The number of carbonyl (C=O) groups is 2. The summed E-state index contributed by atoms with van der Waals surface area (Å²) in [6.45, 7) is 18.6. The van der Waals surface area contributed by atoms with Crippen molar-refractivity contribution in [2.45, 2.75) is 381 Å². The van der Waals surface area contributed by atoms with Gasteiger partial charge in [0.25, 0.3) is 0 Å². The summed E-state index contributed by atoms with van der Waals surface area (Å²) in [7, 11) is 12.5. The number of hydrogen-bond donors (Lipinski definition) is 8. The van der Waals surface area contributed by atoms with Crippen LogP contribution in [0, 0.1) is 35.5 Å². The van der Waals surface area contributed by atoms with E-state index in [0.29, 0.717) is 75.4 Å². The van der Waals surface area contributed by atoms with Crippen molar-refractivity contribution in [3.63, 3.8) is 0 Å². The maximum absolute atomic E-state index is 14.3. The van der Waals surface area contributed by atoms with E-state index in [1.165, 1.54) is 40.6 Å². The molecule has 0 unspecified atom stereocenters. The van der Waals surface area contributed by atoms with Gasteiger partial charge in [-0.1, -0.05) is 101 Å². The SMILES string of the molecule is CO[C@@H]1C[C@@H](O)C[C@@H](O)[C@H](C)[C@@H]([C@@H](C)[C@@H](O)[C@@H](C)CC[C@H]2C[C@H](OC)C[C@H](C)O2)OC(=O)/C=C/C(C)=C/C[C@H](O[C@H]2OC[C@H](O)[C@@H](OC)[C@H]2OC)C[C@@H]2C=CC[C@@H](C[C@H](OC)C[C@@H](O)C[C@@H](O)[C@H](C)[C@@H]([C@@H](C)[C@@H](O)[C@@H](C)CC[C@H]3C[C@H](OC)C[C@H](C)O3)OC(=O)/C=C/C(C)=C/C[C@H](O[C@H]3OC[C@H](O)[C@@H](OC)[C@H]3OC)C[C@@H]3C=CC[C@@H](C1)O3)O2. The molecule has 118 heavy (non-hydrogen) atoms. The van der Waals surface area contributed by atoms with Crippen LogP contribution in [0.2, 0.25) is 0 Å². The van der Waals surface area contributed by atoms with Crippen molar-refractivity contribution in [1.29, 1.82) is 0 Å². The molecule has 0 amide bonds. The van der Waals surface area contributed by atoms with E-state index in [4.69, 9.17) is 85.3 Å². The molecular weight excluding hydrogens is 1530 g/mol. The summed E-state index contributed by atoms with van der Waals surface area (Å²) in [4.78, 5) is 28.7. The first-order valence-corrected chi connectivity index (χ1v) is 43.6. The minimum absolute atomic E-state index is 0.0202. The summed E-state index contributed by atoms with van der Waals surface area (Å²) >= 11 is 0. The second-order valence-electron chi connectivity index (χ2n) is 35.0. The number of esters is 2. The third-order valence-electron chi connectivity index (χ3n) is 25.6. The van der Waals surface area contributed by atoms with E-state index in [9.17, 15) is 50.4 Å². The highest BCUT2D eigenvalue weighted by atomic mass is 16.7. The first kappa shape index (κ1) is 102. The number of rotatable bonds is 24. The van der Waals surface area contributed by atoms with E-state index < -0.39 is 170 Å². The minimum atomic E-state index is -1.21. The number of ether oxygens (including phenoxy) is 18. The fraction of sp³-hybridized carbons (Fsp3) is 0.844. The topological polar surface area (TPSA) is 362 Å². The molecule has 7 heterocycles. The smallest absolute Gasteiger partial charge is 0.331 e. The molecule has 7 rings (SSSR count). The summed E-state index contributed by atoms with van der Waals surface area (Å²) < 4.78 is 111. The number of fused-ring (bicyclic) bond motifs is 4. The van der Waals surface area contributed by atoms with Crippen molar-refractivity contribution in [2.24, 2.45) is 35.5 Å². The zero-order valence-electron chi connectivity index (χ0n) is 73.9. The molecule has 8 N–H and O–H groups in total. The number of cyclic esters (lactones) is 2. The Morgan fingerprint density at radius 3 is 1.11 bits per heavy atom. The molecule has 28 heteroatoms. The fourth-order valence-electron chi connectivity index (χ4n) is 18.3. The van der Waals surface area contributed by atoms with Gasteiger partial charge in [-0.3, -0.25) is 0 Å². The van der Waals surface area contributed by atoms with Gasteiger partial charge in [0.2, 0.25) is 0 Å². The zero-order chi connectivity index (χ0) is 86.4. The zero-order valence-corrected chi connectivity index (χ0v) is 73.9. The lowest BCUT2D eigenvalue weighted by Crippen LogP contribution is -2.56. The Morgan fingerprint density at radius 1 is 0.407 bits per heavy atom. The van der Waals surface area contributed by atoms with Gasteiger partial charge in [-0.15, -0.1) is 0 Å². The third-order valence-corrected chi connectivity index (χ3v) is 25.6.